The van der Waals surface area contributed by atoms with E-state index in [2.05, 4.69) is 5.32 Å². The van der Waals surface area contributed by atoms with Gasteiger partial charge in [-0.3, -0.25) is 19.2 Å². The van der Waals surface area contributed by atoms with Crippen LogP contribution in [0.25, 0.3) is 0 Å². The van der Waals surface area contributed by atoms with Crippen molar-refractivity contribution in [3.05, 3.63) is 101 Å². The SMILES string of the molecule is Cc1ccc(C(=O)[C@@H](C)OC(=O)CCC(=O)Nc2ccc(C(=O)O[C@@H](C)C(=O)c3ccccc3)cc2)cc1. The fourth-order valence-corrected chi connectivity index (χ4v) is 3.51. The molecule has 1 amide bonds. The maximum absolute atomic E-state index is 12.4. The number of esters is 2. The molecule has 8 nitrogen and oxygen atoms in total. The van der Waals surface area contributed by atoms with Crippen LogP contribution < -0.4 is 5.32 Å². The molecular formula is C30H29NO7. The molecular weight excluding hydrogens is 486 g/mol. The van der Waals surface area contributed by atoms with Crippen molar-refractivity contribution in [2.75, 3.05) is 5.32 Å². The Morgan fingerprint density at radius 3 is 1.79 bits per heavy atom. The van der Waals surface area contributed by atoms with Gasteiger partial charge >= 0.3 is 11.9 Å². The molecule has 0 radical (unpaired) electrons. The summed E-state index contributed by atoms with van der Waals surface area (Å²) in [4.78, 5) is 61.6. The fourth-order valence-electron chi connectivity index (χ4n) is 3.51. The first-order valence-corrected chi connectivity index (χ1v) is 12.1. The van der Waals surface area contributed by atoms with Crippen LogP contribution in [0, 0.1) is 6.92 Å². The predicted octanol–water partition coefficient (Wildman–Crippen LogP) is 4.96. The molecule has 0 saturated carbocycles. The second-order valence-corrected chi connectivity index (χ2v) is 8.77. The van der Waals surface area contributed by atoms with E-state index in [1.807, 2.05) is 6.92 Å². The van der Waals surface area contributed by atoms with Gasteiger partial charge in [-0.1, -0.05) is 60.2 Å². The number of ether oxygens (including phenoxy) is 2. The number of Topliss-reactive ketones (excluding diaryl/α,β-unsaturated/α-hetero) is 2. The Morgan fingerprint density at radius 2 is 1.18 bits per heavy atom. The van der Waals surface area contributed by atoms with Gasteiger partial charge < -0.3 is 14.8 Å². The molecule has 196 valence electrons. The Morgan fingerprint density at radius 1 is 0.658 bits per heavy atom. The van der Waals surface area contributed by atoms with Crippen molar-refractivity contribution in [3.63, 3.8) is 0 Å². The van der Waals surface area contributed by atoms with Gasteiger partial charge in [-0.2, -0.15) is 0 Å². The number of hydrogen-bond acceptors (Lipinski definition) is 7. The van der Waals surface area contributed by atoms with E-state index in [1.54, 1.807) is 54.6 Å². The number of carbonyl (C=O) groups excluding carboxylic acids is 5. The van der Waals surface area contributed by atoms with E-state index in [0.717, 1.165) is 5.56 Å². The van der Waals surface area contributed by atoms with E-state index in [1.165, 1.54) is 38.1 Å². The first-order valence-electron chi connectivity index (χ1n) is 12.1. The van der Waals surface area contributed by atoms with Crippen molar-refractivity contribution in [1.29, 1.82) is 0 Å². The summed E-state index contributed by atoms with van der Waals surface area (Å²) in [6, 6.07) is 21.4. The highest BCUT2D eigenvalue weighted by Crippen LogP contribution is 2.14. The fraction of sp³-hybridized carbons (Fsp3) is 0.233. The summed E-state index contributed by atoms with van der Waals surface area (Å²) in [5.41, 5.74) is 2.53. The van der Waals surface area contributed by atoms with Crippen molar-refractivity contribution >= 4 is 35.1 Å². The minimum absolute atomic E-state index is 0.146. The molecule has 38 heavy (non-hydrogen) atoms. The molecule has 3 rings (SSSR count). The van der Waals surface area contributed by atoms with Gasteiger partial charge in [0.15, 0.2) is 12.2 Å². The lowest BCUT2D eigenvalue weighted by molar-refractivity contribution is -0.147. The van der Waals surface area contributed by atoms with Crippen molar-refractivity contribution in [1.82, 2.24) is 0 Å². The van der Waals surface area contributed by atoms with Crippen LogP contribution in [0.2, 0.25) is 0 Å². The van der Waals surface area contributed by atoms with E-state index in [9.17, 15) is 24.0 Å². The Hall–Kier alpha value is -4.59. The standard InChI is InChI=1S/C30H29NO7/c1-19-9-11-23(12-10-19)28(34)20(2)37-27(33)18-17-26(32)31-25-15-13-24(14-16-25)30(36)38-21(3)29(35)22-7-5-4-6-8-22/h4-16,20-21H,17-18H2,1-3H3,(H,31,32)/t20-,21+/m1/s1. The number of amides is 1. The molecule has 1 N–H and O–H groups in total. The third-order valence-corrected chi connectivity index (χ3v) is 5.69. The zero-order valence-corrected chi connectivity index (χ0v) is 21.4. The van der Waals surface area contributed by atoms with Crippen LogP contribution in [0.15, 0.2) is 78.9 Å². The highest BCUT2D eigenvalue weighted by Gasteiger charge is 2.21. The second-order valence-electron chi connectivity index (χ2n) is 8.77. The van der Waals surface area contributed by atoms with Gasteiger partial charge in [0.05, 0.1) is 12.0 Å². The maximum Gasteiger partial charge on any atom is 0.338 e. The third-order valence-electron chi connectivity index (χ3n) is 5.69. The van der Waals surface area contributed by atoms with Gasteiger partial charge in [0.25, 0.3) is 0 Å². The Balaban J connectivity index is 1.43. The van der Waals surface area contributed by atoms with Gasteiger partial charge in [-0.25, -0.2) is 4.79 Å². The topological polar surface area (TPSA) is 116 Å². The molecule has 0 aliphatic carbocycles. The van der Waals surface area contributed by atoms with Gasteiger partial charge in [0.1, 0.15) is 0 Å². The average Bonchev–Trinajstić information content (AvgIpc) is 2.92. The van der Waals surface area contributed by atoms with Gasteiger partial charge in [0, 0.05) is 23.2 Å². The van der Waals surface area contributed by atoms with Gasteiger partial charge in [-0.15, -0.1) is 0 Å². The van der Waals surface area contributed by atoms with Crippen LogP contribution in [0.5, 0.6) is 0 Å². The number of anilines is 1. The summed E-state index contributed by atoms with van der Waals surface area (Å²) >= 11 is 0. The number of benzene rings is 3. The third kappa shape index (κ3) is 7.96. The zero-order chi connectivity index (χ0) is 27.7. The van der Waals surface area contributed by atoms with E-state index in [4.69, 9.17) is 9.47 Å². The minimum Gasteiger partial charge on any atom is -0.454 e. The van der Waals surface area contributed by atoms with Crippen LogP contribution in [0.3, 0.4) is 0 Å². The first-order chi connectivity index (χ1) is 18.1. The monoisotopic (exact) mass is 515 g/mol. The number of carbonyl (C=O) groups is 5. The van der Waals surface area contributed by atoms with Gasteiger partial charge in [-0.05, 0) is 45.0 Å². The highest BCUT2D eigenvalue weighted by molar-refractivity contribution is 6.02. The molecule has 0 fully saturated rings. The summed E-state index contributed by atoms with van der Waals surface area (Å²) in [6.07, 6.45) is -2.27. The molecule has 3 aromatic carbocycles. The number of ketones is 2. The lowest BCUT2D eigenvalue weighted by Crippen LogP contribution is -2.25. The number of aryl methyl sites for hydroxylation is 1. The predicted molar refractivity (Wildman–Crippen MR) is 141 cm³/mol. The van der Waals surface area contributed by atoms with Crippen molar-refractivity contribution in [2.24, 2.45) is 0 Å². The Kier molecular flexibility index (Phi) is 9.65. The van der Waals surface area contributed by atoms with Gasteiger partial charge in [0.2, 0.25) is 17.5 Å². The molecule has 8 heteroatoms. The summed E-state index contributed by atoms with van der Waals surface area (Å²) in [7, 11) is 0. The van der Waals surface area contributed by atoms with Crippen LogP contribution in [0.1, 0.15) is 63.3 Å². The normalized spacial score (nSPS) is 12.1. The molecule has 0 aromatic heterocycles. The number of hydrogen-bond donors (Lipinski definition) is 1. The summed E-state index contributed by atoms with van der Waals surface area (Å²) < 4.78 is 10.4. The maximum atomic E-state index is 12.4. The quantitative estimate of drug-likeness (QED) is 0.284. The summed E-state index contributed by atoms with van der Waals surface area (Å²) in [5.74, 6) is -2.39. The van der Waals surface area contributed by atoms with Crippen LogP contribution in [-0.2, 0) is 19.1 Å². The molecule has 2 atom stereocenters. The van der Waals surface area contributed by atoms with E-state index >= 15 is 0 Å². The van der Waals surface area contributed by atoms with E-state index in [-0.39, 0.29) is 30.0 Å². The molecule has 3 aromatic rings. The van der Waals surface area contributed by atoms with Crippen molar-refractivity contribution < 1.29 is 33.4 Å². The number of nitrogens with one attached hydrogen (secondary N) is 1. The molecule has 0 spiro atoms. The zero-order valence-electron chi connectivity index (χ0n) is 21.4. The highest BCUT2D eigenvalue weighted by atomic mass is 16.5. The Labute approximate surface area is 221 Å². The van der Waals surface area contributed by atoms with Crippen molar-refractivity contribution in [2.45, 2.75) is 45.8 Å². The molecule has 0 bridgehead atoms. The first kappa shape index (κ1) is 28.0. The van der Waals surface area contributed by atoms with E-state index in [0.29, 0.717) is 16.8 Å². The lowest BCUT2D eigenvalue weighted by Gasteiger charge is -2.13. The smallest absolute Gasteiger partial charge is 0.338 e. The molecule has 0 aliphatic heterocycles. The second kappa shape index (κ2) is 13.1. The summed E-state index contributed by atoms with van der Waals surface area (Å²) in [5, 5.41) is 2.63. The van der Waals surface area contributed by atoms with Crippen molar-refractivity contribution in [3.8, 4) is 0 Å². The van der Waals surface area contributed by atoms with Crippen LogP contribution in [0.4, 0.5) is 5.69 Å². The molecule has 0 saturated heterocycles. The summed E-state index contributed by atoms with van der Waals surface area (Å²) in [6.45, 7) is 4.90. The largest absolute Gasteiger partial charge is 0.454 e. The molecule has 0 heterocycles. The average molecular weight is 516 g/mol. The Bertz CT molecular complexity index is 1300. The minimum atomic E-state index is -0.966. The molecule has 0 unspecified atom stereocenters. The van der Waals surface area contributed by atoms with Crippen LogP contribution >= 0.6 is 0 Å². The lowest BCUT2D eigenvalue weighted by atomic mass is 10.1. The van der Waals surface area contributed by atoms with Crippen LogP contribution in [-0.4, -0.2) is 41.6 Å². The number of rotatable bonds is 11. The van der Waals surface area contributed by atoms with E-state index < -0.39 is 30.1 Å². The molecule has 0 aliphatic rings.